The molecule has 28 heavy (non-hydrogen) atoms. The lowest BCUT2D eigenvalue weighted by Crippen LogP contribution is -2.15. The number of aromatic nitrogens is 3. The Bertz CT molecular complexity index is 954. The summed E-state index contributed by atoms with van der Waals surface area (Å²) in [6, 6.07) is 7.86. The van der Waals surface area contributed by atoms with E-state index in [0.717, 1.165) is 11.5 Å². The molecule has 152 valence electrons. The van der Waals surface area contributed by atoms with E-state index in [1.54, 1.807) is 0 Å². The molecule has 0 saturated carbocycles. The molecule has 2 heterocycles. The smallest absolute Gasteiger partial charge is 0.234 e. The van der Waals surface area contributed by atoms with Crippen LogP contribution in [0.25, 0.3) is 0 Å². The quantitative estimate of drug-likeness (QED) is 0.690. The number of hydrogen-bond acceptors (Lipinski definition) is 6. The molecule has 0 spiro atoms. The Kier molecular flexibility index (Phi) is 6.44. The van der Waals surface area contributed by atoms with Crippen LogP contribution in [0.4, 0.5) is 5.69 Å². The first-order valence-electron chi connectivity index (χ1n) is 9.35. The maximum atomic E-state index is 12.3. The van der Waals surface area contributed by atoms with Gasteiger partial charge in [0, 0.05) is 19.2 Å². The highest BCUT2D eigenvalue weighted by Gasteiger charge is 2.29. The molecule has 3 rings (SSSR count). The van der Waals surface area contributed by atoms with Gasteiger partial charge in [0.05, 0.1) is 17.3 Å². The molecule has 0 bridgehead atoms. The SMILES string of the molecule is CC(C)c1cccc(NC(=O)CSc2nnc(CC3CCS(=O)(=O)C3)n2C)c1. The molecule has 1 N–H and O–H groups in total. The highest BCUT2D eigenvalue weighted by molar-refractivity contribution is 7.99. The molecular formula is C19H26N4O3S2. The Balaban J connectivity index is 1.54. The lowest BCUT2D eigenvalue weighted by molar-refractivity contribution is -0.113. The van der Waals surface area contributed by atoms with Crippen LogP contribution < -0.4 is 5.32 Å². The molecule has 1 saturated heterocycles. The van der Waals surface area contributed by atoms with Gasteiger partial charge in [-0.05, 0) is 36.0 Å². The summed E-state index contributed by atoms with van der Waals surface area (Å²) in [6.07, 6.45) is 1.27. The molecule has 1 aliphatic rings. The Morgan fingerprint density at radius 3 is 2.82 bits per heavy atom. The van der Waals surface area contributed by atoms with Gasteiger partial charge >= 0.3 is 0 Å². The maximum Gasteiger partial charge on any atom is 0.234 e. The molecule has 2 aromatic rings. The fraction of sp³-hybridized carbons (Fsp3) is 0.526. The van der Waals surface area contributed by atoms with E-state index in [1.165, 1.54) is 17.3 Å². The van der Waals surface area contributed by atoms with Crippen molar-refractivity contribution in [2.24, 2.45) is 13.0 Å². The minimum atomic E-state index is -2.90. The van der Waals surface area contributed by atoms with Gasteiger partial charge in [0.15, 0.2) is 15.0 Å². The van der Waals surface area contributed by atoms with Crippen molar-refractivity contribution in [3.8, 4) is 0 Å². The van der Waals surface area contributed by atoms with Crippen LogP contribution in [-0.4, -0.2) is 46.3 Å². The molecule has 1 amide bonds. The van der Waals surface area contributed by atoms with Gasteiger partial charge in [-0.25, -0.2) is 8.42 Å². The molecule has 1 aromatic carbocycles. The molecule has 0 radical (unpaired) electrons. The summed E-state index contributed by atoms with van der Waals surface area (Å²) in [5, 5.41) is 11.9. The zero-order valence-electron chi connectivity index (χ0n) is 16.4. The number of nitrogens with zero attached hydrogens (tertiary/aromatic N) is 3. The van der Waals surface area contributed by atoms with E-state index in [2.05, 4.69) is 29.4 Å². The molecule has 1 atom stereocenters. The van der Waals surface area contributed by atoms with Gasteiger partial charge in [-0.15, -0.1) is 10.2 Å². The normalized spacial score (nSPS) is 18.5. The number of anilines is 1. The van der Waals surface area contributed by atoms with Gasteiger partial charge in [0.25, 0.3) is 0 Å². The first kappa shape index (κ1) is 20.9. The van der Waals surface area contributed by atoms with Crippen LogP contribution in [0.3, 0.4) is 0 Å². The molecule has 1 unspecified atom stereocenters. The first-order chi connectivity index (χ1) is 13.2. The molecule has 1 aromatic heterocycles. The number of sulfone groups is 1. The minimum absolute atomic E-state index is 0.0993. The largest absolute Gasteiger partial charge is 0.325 e. The number of nitrogens with one attached hydrogen (secondary N) is 1. The van der Waals surface area contributed by atoms with Crippen LogP contribution in [0.1, 0.15) is 37.6 Å². The van der Waals surface area contributed by atoms with Gasteiger partial charge in [-0.1, -0.05) is 37.7 Å². The van der Waals surface area contributed by atoms with Crippen molar-refractivity contribution in [2.75, 3.05) is 22.6 Å². The average Bonchev–Trinajstić information content (AvgIpc) is 3.15. The molecule has 1 aliphatic heterocycles. The maximum absolute atomic E-state index is 12.3. The molecule has 1 fully saturated rings. The van der Waals surface area contributed by atoms with Gasteiger partial charge in [0.2, 0.25) is 5.91 Å². The average molecular weight is 423 g/mol. The van der Waals surface area contributed by atoms with Crippen molar-refractivity contribution in [3.63, 3.8) is 0 Å². The number of amides is 1. The summed E-state index contributed by atoms with van der Waals surface area (Å²) >= 11 is 1.32. The zero-order valence-corrected chi connectivity index (χ0v) is 18.0. The Hall–Kier alpha value is -1.87. The second-order valence-electron chi connectivity index (χ2n) is 7.55. The van der Waals surface area contributed by atoms with Gasteiger partial charge in [-0.2, -0.15) is 0 Å². The van der Waals surface area contributed by atoms with Crippen molar-refractivity contribution in [2.45, 2.75) is 37.8 Å². The first-order valence-corrected chi connectivity index (χ1v) is 12.2. The Labute approximate surface area is 170 Å². The monoisotopic (exact) mass is 422 g/mol. The minimum Gasteiger partial charge on any atom is -0.325 e. The summed E-state index contributed by atoms with van der Waals surface area (Å²) in [7, 11) is -1.04. The fourth-order valence-corrected chi connectivity index (χ4v) is 5.83. The van der Waals surface area contributed by atoms with E-state index in [-0.39, 0.29) is 29.1 Å². The van der Waals surface area contributed by atoms with Gasteiger partial charge < -0.3 is 9.88 Å². The fourth-order valence-electron chi connectivity index (χ4n) is 3.24. The van der Waals surface area contributed by atoms with E-state index < -0.39 is 9.84 Å². The van der Waals surface area contributed by atoms with E-state index >= 15 is 0 Å². The lowest BCUT2D eigenvalue weighted by Gasteiger charge is -2.10. The van der Waals surface area contributed by atoms with Crippen LogP contribution in [0.15, 0.2) is 29.4 Å². The number of rotatable bonds is 7. The van der Waals surface area contributed by atoms with Crippen LogP contribution >= 0.6 is 11.8 Å². The molecule has 9 heteroatoms. The van der Waals surface area contributed by atoms with Crippen LogP contribution in [0.5, 0.6) is 0 Å². The molecule has 7 nitrogen and oxygen atoms in total. The summed E-state index contributed by atoms with van der Waals surface area (Å²) in [5.74, 6) is 1.87. The lowest BCUT2D eigenvalue weighted by atomic mass is 10.0. The number of carbonyl (C=O) groups excluding carboxylic acids is 1. The van der Waals surface area contributed by atoms with Crippen molar-refractivity contribution in [1.29, 1.82) is 0 Å². The van der Waals surface area contributed by atoms with Crippen molar-refractivity contribution in [3.05, 3.63) is 35.7 Å². The van der Waals surface area contributed by atoms with Crippen LogP contribution in [0, 0.1) is 5.92 Å². The highest BCUT2D eigenvalue weighted by atomic mass is 32.2. The van der Waals surface area contributed by atoms with Crippen LogP contribution in [-0.2, 0) is 28.1 Å². The predicted molar refractivity (Wildman–Crippen MR) is 111 cm³/mol. The van der Waals surface area contributed by atoms with E-state index in [0.29, 0.717) is 23.9 Å². The highest BCUT2D eigenvalue weighted by Crippen LogP contribution is 2.24. The van der Waals surface area contributed by atoms with E-state index in [9.17, 15) is 13.2 Å². The third-order valence-corrected chi connectivity index (χ3v) is 7.75. The summed E-state index contributed by atoms with van der Waals surface area (Å²) in [5.41, 5.74) is 1.97. The van der Waals surface area contributed by atoms with Crippen molar-refractivity contribution < 1.29 is 13.2 Å². The topological polar surface area (TPSA) is 94.0 Å². The predicted octanol–water partition coefficient (Wildman–Crippen LogP) is 2.65. The Morgan fingerprint density at radius 1 is 1.36 bits per heavy atom. The van der Waals surface area contributed by atoms with Crippen molar-refractivity contribution in [1.82, 2.24) is 14.8 Å². The zero-order chi connectivity index (χ0) is 20.3. The second kappa shape index (κ2) is 8.65. The van der Waals surface area contributed by atoms with Crippen molar-refractivity contribution >= 4 is 33.2 Å². The number of benzene rings is 1. The standard InChI is InChI=1S/C19H26N4O3S2/c1-13(2)15-5-4-6-16(10-15)20-18(24)11-27-19-22-21-17(23(19)3)9-14-7-8-28(25,26)12-14/h4-6,10,13-14H,7-9,11-12H2,1-3H3,(H,20,24). The number of carbonyl (C=O) groups is 1. The number of hydrogen-bond donors (Lipinski definition) is 1. The molecule has 0 aliphatic carbocycles. The van der Waals surface area contributed by atoms with Crippen LogP contribution in [0.2, 0.25) is 0 Å². The van der Waals surface area contributed by atoms with E-state index in [1.807, 2.05) is 35.9 Å². The third-order valence-electron chi connectivity index (χ3n) is 4.89. The second-order valence-corrected chi connectivity index (χ2v) is 10.7. The van der Waals surface area contributed by atoms with E-state index in [4.69, 9.17) is 0 Å². The number of thioether (sulfide) groups is 1. The van der Waals surface area contributed by atoms with Gasteiger partial charge in [-0.3, -0.25) is 4.79 Å². The summed E-state index contributed by atoms with van der Waals surface area (Å²) < 4.78 is 25.1. The third kappa shape index (κ3) is 5.35. The summed E-state index contributed by atoms with van der Waals surface area (Å²) in [6.45, 7) is 4.23. The summed E-state index contributed by atoms with van der Waals surface area (Å²) in [4.78, 5) is 12.3. The molecular weight excluding hydrogens is 396 g/mol. The van der Waals surface area contributed by atoms with Gasteiger partial charge in [0.1, 0.15) is 5.82 Å². The Morgan fingerprint density at radius 2 is 2.14 bits per heavy atom.